The average Bonchev–Trinajstić information content (AvgIpc) is 2.46. The SMILES string of the molecule is CCCCCCOc1c(C(=N)N)cnc2ccccc12. The van der Waals surface area contributed by atoms with Crippen molar-refractivity contribution < 1.29 is 4.74 Å². The molecule has 0 fully saturated rings. The van der Waals surface area contributed by atoms with Crippen LogP contribution in [-0.4, -0.2) is 17.4 Å². The molecule has 0 saturated carbocycles. The van der Waals surface area contributed by atoms with E-state index in [0.717, 1.165) is 23.7 Å². The minimum Gasteiger partial charge on any atom is -0.492 e. The molecule has 2 rings (SSSR count). The lowest BCUT2D eigenvalue weighted by molar-refractivity contribution is 0.308. The van der Waals surface area contributed by atoms with E-state index < -0.39 is 0 Å². The zero-order valence-corrected chi connectivity index (χ0v) is 11.9. The Morgan fingerprint density at radius 1 is 1.25 bits per heavy atom. The standard InChI is InChI=1S/C16H21N3O/c1-2-3-4-7-10-20-15-12-8-5-6-9-14(12)19-11-13(15)16(17)18/h5-6,8-9,11H,2-4,7,10H2,1H3,(H3,17,18). The van der Waals surface area contributed by atoms with Gasteiger partial charge in [-0.2, -0.15) is 0 Å². The molecule has 1 aromatic heterocycles. The van der Waals surface area contributed by atoms with E-state index >= 15 is 0 Å². The van der Waals surface area contributed by atoms with Crippen LogP contribution >= 0.6 is 0 Å². The monoisotopic (exact) mass is 271 g/mol. The number of fused-ring (bicyclic) bond motifs is 1. The van der Waals surface area contributed by atoms with Crippen LogP contribution < -0.4 is 10.5 Å². The van der Waals surface area contributed by atoms with E-state index in [4.69, 9.17) is 15.9 Å². The highest BCUT2D eigenvalue weighted by Gasteiger charge is 2.12. The second-order valence-electron chi connectivity index (χ2n) is 4.84. The zero-order valence-electron chi connectivity index (χ0n) is 11.9. The number of amidine groups is 1. The Kier molecular flexibility index (Phi) is 4.93. The molecule has 0 aliphatic carbocycles. The van der Waals surface area contributed by atoms with Crippen molar-refractivity contribution in [2.75, 3.05) is 6.61 Å². The zero-order chi connectivity index (χ0) is 14.4. The van der Waals surface area contributed by atoms with Crippen LogP contribution in [0.1, 0.15) is 38.2 Å². The number of hydrogen-bond donors (Lipinski definition) is 2. The molecular formula is C16H21N3O. The van der Waals surface area contributed by atoms with E-state index in [9.17, 15) is 0 Å². The lowest BCUT2D eigenvalue weighted by Crippen LogP contribution is -2.14. The van der Waals surface area contributed by atoms with Gasteiger partial charge in [-0.1, -0.05) is 38.3 Å². The number of aromatic nitrogens is 1. The molecule has 0 unspecified atom stereocenters. The molecule has 0 bridgehead atoms. The lowest BCUT2D eigenvalue weighted by Gasteiger charge is -2.13. The van der Waals surface area contributed by atoms with Gasteiger partial charge in [0.25, 0.3) is 0 Å². The fraction of sp³-hybridized carbons (Fsp3) is 0.375. The minimum atomic E-state index is -0.00758. The Balaban J connectivity index is 2.23. The molecule has 20 heavy (non-hydrogen) atoms. The Morgan fingerprint density at radius 3 is 2.80 bits per heavy atom. The number of nitrogens with zero attached hydrogens (tertiary/aromatic N) is 1. The molecule has 106 valence electrons. The Hall–Kier alpha value is -2.10. The fourth-order valence-electron chi connectivity index (χ4n) is 2.17. The summed E-state index contributed by atoms with van der Waals surface area (Å²) in [6.07, 6.45) is 6.22. The summed E-state index contributed by atoms with van der Waals surface area (Å²) in [6.45, 7) is 2.83. The molecule has 0 aliphatic rings. The molecule has 0 aliphatic heterocycles. The largest absolute Gasteiger partial charge is 0.492 e. The number of benzene rings is 1. The third kappa shape index (κ3) is 3.26. The van der Waals surface area contributed by atoms with Gasteiger partial charge in [0.1, 0.15) is 11.6 Å². The van der Waals surface area contributed by atoms with Gasteiger partial charge in [0.15, 0.2) is 0 Å². The van der Waals surface area contributed by atoms with E-state index in [1.54, 1.807) is 6.20 Å². The number of unbranched alkanes of at least 4 members (excludes halogenated alkanes) is 3. The summed E-state index contributed by atoms with van der Waals surface area (Å²) in [5.41, 5.74) is 7.05. The van der Waals surface area contributed by atoms with E-state index in [1.165, 1.54) is 12.8 Å². The summed E-state index contributed by atoms with van der Waals surface area (Å²) in [4.78, 5) is 4.32. The first-order valence-electron chi connectivity index (χ1n) is 7.09. The summed E-state index contributed by atoms with van der Waals surface area (Å²) >= 11 is 0. The van der Waals surface area contributed by atoms with Crippen molar-refractivity contribution in [2.24, 2.45) is 5.73 Å². The summed E-state index contributed by atoms with van der Waals surface area (Å²) in [7, 11) is 0. The summed E-state index contributed by atoms with van der Waals surface area (Å²) < 4.78 is 5.90. The van der Waals surface area contributed by atoms with Gasteiger partial charge < -0.3 is 10.5 Å². The van der Waals surface area contributed by atoms with E-state index in [-0.39, 0.29) is 5.84 Å². The van der Waals surface area contributed by atoms with Gasteiger partial charge in [0.05, 0.1) is 17.7 Å². The Bertz CT molecular complexity index is 595. The molecule has 4 heteroatoms. The molecule has 0 atom stereocenters. The second-order valence-corrected chi connectivity index (χ2v) is 4.84. The number of para-hydroxylation sites is 1. The van der Waals surface area contributed by atoms with Crippen molar-refractivity contribution in [2.45, 2.75) is 32.6 Å². The molecule has 2 aromatic rings. The Labute approximate surface area is 119 Å². The maximum Gasteiger partial charge on any atom is 0.141 e. The van der Waals surface area contributed by atoms with Gasteiger partial charge in [0.2, 0.25) is 0 Å². The van der Waals surface area contributed by atoms with Crippen LogP contribution in [0.3, 0.4) is 0 Å². The first-order chi connectivity index (χ1) is 9.74. The van der Waals surface area contributed by atoms with Gasteiger partial charge in [0, 0.05) is 11.6 Å². The van der Waals surface area contributed by atoms with Crippen LogP contribution in [0.4, 0.5) is 0 Å². The smallest absolute Gasteiger partial charge is 0.141 e. The predicted molar refractivity (Wildman–Crippen MR) is 82.4 cm³/mol. The van der Waals surface area contributed by atoms with Gasteiger partial charge in [-0.15, -0.1) is 0 Å². The van der Waals surface area contributed by atoms with Crippen LogP contribution in [0.5, 0.6) is 5.75 Å². The van der Waals surface area contributed by atoms with Gasteiger partial charge in [-0.3, -0.25) is 10.4 Å². The van der Waals surface area contributed by atoms with Crippen LogP contribution in [0, 0.1) is 5.41 Å². The van der Waals surface area contributed by atoms with Crippen molar-refractivity contribution in [3.8, 4) is 5.75 Å². The van der Waals surface area contributed by atoms with Gasteiger partial charge in [-0.05, 0) is 18.6 Å². The summed E-state index contributed by atoms with van der Waals surface area (Å²) in [6, 6.07) is 7.77. The molecule has 1 aromatic carbocycles. The van der Waals surface area contributed by atoms with Crippen molar-refractivity contribution in [3.63, 3.8) is 0 Å². The van der Waals surface area contributed by atoms with Crippen LogP contribution in [0.2, 0.25) is 0 Å². The lowest BCUT2D eigenvalue weighted by atomic mass is 10.1. The van der Waals surface area contributed by atoms with E-state index in [1.807, 2.05) is 24.3 Å². The molecule has 1 heterocycles. The van der Waals surface area contributed by atoms with Crippen LogP contribution in [-0.2, 0) is 0 Å². The number of pyridine rings is 1. The molecule has 0 spiro atoms. The van der Waals surface area contributed by atoms with Crippen molar-refractivity contribution >= 4 is 16.7 Å². The molecule has 3 N–H and O–H groups in total. The van der Waals surface area contributed by atoms with Crippen molar-refractivity contribution in [1.82, 2.24) is 4.98 Å². The third-order valence-electron chi connectivity index (χ3n) is 3.26. The van der Waals surface area contributed by atoms with E-state index in [0.29, 0.717) is 17.9 Å². The Morgan fingerprint density at radius 2 is 2.05 bits per heavy atom. The number of ether oxygens (including phenoxy) is 1. The number of rotatable bonds is 7. The predicted octanol–water partition coefficient (Wildman–Crippen LogP) is 3.48. The summed E-state index contributed by atoms with van der Waals surface area (Å²) in [5.74, 6) is 0.673. The van der Waals surface area contributed by atoms with Gasteiger partial charge in [-0.25, -0.2) is 0 Å². The first kappa shape index (κ1) is 14.3. The van der Waals surface area contributed by atoms with Crippen molar-refractivity contribution in [1.29, 1.82) is 5.41 Å². The fourth-order valence-corrected chi connectivity index (χ4v) is 2.17. The first-order valence-corrected chi connectivity index (χ1v) is 7.09. The maximum absolute atomic E-state index is 7.66. The number of hydrogen-bond acceptors (Lipinski definition) is 3. The van der Waals surface area contributed by atoms with Crippen LogP contribution in [0.15, 0.2) is 30.5 Å². The second kappa shape index (κ2) is 6.89. The molecule has 4 nitrogen and oxygen atoms in total. The highest BCUT2D eigenvalue weighted by atomic mass is 16.5. The quantitative estimate of drug-likeness (QED) is 0.460. The maximum atomic E-state index is 7.66. The van der Waals surface area contributed by atoms with Gasteiger partial charge >= 0.3 is 0 Å². The third-order valence-corrected chi connectivity index (χ3v) is 3.26. The molecule has 0 radical (unpaired) electrons. The van der Waals surface area contributed by atoms with E-state index in [2.05, 4.69) is 11.9 Å². The molecule has 0 amide bonds. The van der Waals surface area contributed by atoms with Crippen LogP contribution in [0.25, 0.3) is 10.9 Å². The summed E-state index contributed by atoms with van der Waals surface area (Å²) in [5, 5.41) is 8.57. The topological polar surface area (TPSA) is 72.0 Å². The number of nitrogens with one attached hydrogen (secondary N) is 1. The molecular weight excluding hydrogens is 250 g/mol. The number of nitrogen functional groups attached to an aromatic ring is 1. The minimum absolute atomic E-state index is 0.00758. The number of nitrogens with two attached hydrogens (primary N) is 1. The van der Waals surface area contributed by atoms with Crippen molar-refractivity contribution in [3.05, 3.63) is 36.0 Å². The average molecular weight is 271 g/mol. The highest BCUT2D eigenvalue weighted by Crippen LogP contribution is 2.28. The highest BCUT2D eigenvalue weighted by molar-refractivity contribution is 6.02. The normalized spacial score (nSPS) is 10.7. The molecule has 0 saturated heterocycles.